The number of benzene rings is 2. The van der Waals surface area contributed by atoms with Crippen LogP contribution >= 0.6 is 0 Å². The Kier molecular flexibility index (Phi) is 8.15. The summed E-state index contributed by atoms with van der Waals surface area (Å²) in [6, 6.07) is 16.6. The highest BCUT2D eigenvalue weighted by atomic mass is 16.2. The second-order valence-corrected chi connectivity index (χ2v) is 9.08. The fourth-order valence-electron chi connectivity index (χ4n) is 4.37. The molecule has 0 aliphatic heterocycles. The van der Waals surface area contributed by atoms with Crippen LogP contribution in [0.4, 0.5) is 23.1 Å². The zero-order valence-electron chi connectivity index (χ0n) is 19.8. The van der Waals surface area contributed by atoms with Gasteiger partial charge in [0, 0.05) is 24.1 Å². The van der Waals surface area contributed by atoms with Crippen LogP contribution in [0.2, 0.25) is 0 Å². The van der Waals surface area contributed by atoms with E-state index in [-0.39, 0.29) is 5.91 Å². The first kappa shape index (κ1) is 23.8. The van der Waals surface area contributed by atoms with Crippen LogP contribution in [0.5, 0.6) is 0 Å². The maximum Gasteiger partial charge on any atom is 0.241 e. The van der Waals surface area contributed by atoms with E-state index in [1.54, 1.807) is 0 Å². The zero-order chi connectivity index (χ0) is 23.8. The monoisotopic (exact) mass is 456 g/mol. The number of aromatic nitrogens is 2. The predicted molar refractivity (Wildman–Crippen MR) is 142 cm³/mol. The minimum Gasteiger partial charge on any atom is -0.370 e. The van der Waals surface area contributed by atoms with Gasteiger partial charge in [-0.25, -0.2) is 4.98 Å². The van der Waals surface area contributed by atoms with Crippen molar-refractivity contribution < 1.29 is 4.79 Å². The van der Waals surface area contributed by atoms with E-state index in [1.165, 1.54) is 32.1 Å². The number of carbonyl (C=O) groups is 1. The molecule has 1 amide bonds. The summed E-state index contributed by atoms with van der Waals surface area (Å²) in [5.74, 6) is 1.98. The van der Waals surface area contributed by atoms with Crippen LogP contribution in [0.25, 0.3) is 0 Å². The lowest BCUT2D eigenvalue weighted by atomic mass is 9.98. The lowest BCUT2D eigenvalue weighted by molar-refractivity contribution is -0.117. The Hall–Kier alpha value is -3.39. The van der Waals surface area contributed by atoms with Crippen LogP contribution in [0, 0.1) is 5.92 Å². The highest BCUT2D eigenvalue weighted by Gasteiger charge is 2.16. The normalized spacial score (nSPS) is 14.5. The summed E-state index contributed by atoms with van der Waals surface area (Å²) in [5, 5.41) is 9.62. The summed E-state index contributed by atoms with van der Waals surface area (Å²) in [4.78, 5) is 21.6. The standard InChI is InChI=1S/C26H33BN6O/c27-22-17-30-26(33-24(22)29-14-13-18-7-4-5-8-18)32-21-12-6-11-20(16-21)31-25(34)23(28)15-19-9-2-1-3-10-19/h1-3,6,9-12,16-18,23H,4-5,7-8,13-15,27-28H2,(H,31,34)(H2,29,30,32,33). The number of hydrogen-bond acceptors (Lipinski definition) is 6. The van der Waals surface area contributed by atoms with Crippen LogP contribution in [0.1, 0.15) is 37.7 Å². The summed E-state index contributed by atoms with van der Waals surface area (Å²) >= 11 is 0. The summed E-state index contributed by atoms with van der Waals surface area (Å²) < 4.78 is 0. The molecule has 34 heavy (non-hydrogen) atoms. The van der Waals surface area contributed by atoms with E-state index in [9.17, 15) is 4.79 Å². The zero-order valence-corrected chi connectivity index (χ0v) is 19.8. The highest BCUT2D eigenvalue weighted by Crippen LogP contribution is 2.27. The van der Waals surface area contributed by atoms with E-state index in [0.29, 0.717) is 18.1 Å². The lowest BCUT2D eigenvalue weighted by Crippen LogP contribution is -2.37. The number of rotatable bonds is 10. The minimum absolute atomic E-state index is 0.221. The van der Waals surface area contributed by atoms with E-state index in [4.69, 9.17) is 5.73 Å². The van der Waals surface area contributed by atoms with Gasteiger partial charge < -0.3 is 21.7 Å². The predicted octanol–water partition coefficient (Wildman–Crippen LogP) is 2.98. The number of amides is 1. The summed E-state index contributed by atoms with van der Waals surface area (Å²) in [5.41, 5.74) is 9.62. The van der Waals surface area contributed by atoms with Gasteiger partial charge in [0.05, 0.1) is 6.04 Å². The number of nitrogens with two attached hydrogens (primary N) is 1. The van der Waals surface area contributed by atoms with Crippen molar-refractivity contribution in [2.24, 2.45) is 11.7 Å². The molecule has 1 fully saturated rings. The van der Waals surface area contributed by atoms with Gasteiger partial charge in [0.2, 0.25) is 11.9 Å². The van der Waals surface area contributed by atoms with Gasteiger partial charge in [-0.15, -0.1) is 0 Å². The average Bonchev–Trinajstić information content (AvgIpc) is 3.35. The largest absolute Gasteiger partial charge is 0.370 e. The van der Waals surface area contributed by atoms with Crippen molar-refractivity contribution in [1.82, 2.24) is 9.97 Å². The number of nitrogens with zero attached hydrogens (tertiary/aromatic N) is 2. The van der Waals surface area contributed by atoms with Gasteiger partial charge in [0.25, 0.3) is 0 Å². The van der Waals surface area contributed by atoms with Gasteiger partial charge in [-0.1, -0.05) is 62.1 Å². The third kappa shape index (κ3) is 6.81. The van der Waals surface area contributed by atoms with Gasteiger partial charge >= 0.3 is 0 Å². The molecule has 4 rings (SSSR count). The molecule has 3 aromatic rings. The molecule has 1 heterocycles. The van der Waals surface area contributed by atoms with Crippen molar-refractivity contribution in [3.8, 4) is 0 Å². The smallest absolute Gasteiger partial charge is 0.241 e. The topological polar surface area (TPSA) is 105 Å². The van der Waals surface area contributed by atoms with E-state index in [2.05, 4.69) is 25.9 Å². The quantitative estimate of drug-likeness (QED) is 0.350. The molecule has 7 nitrogen and oxygen atoms in total. The molecule has 1 saturated carbocycles. The number of nitrogens with one attached hydrogen (secondary N) is 3. The third-order valence-corrected chi connectivity index (χ3v) is 6.31. The van der Waals surface area contributed by atoms with Gasteiger partial charge in [0.1, 0.15) is 13.7 Å². The summed E-state index contributed by atoms with van der Waals surface area (Å²) in [6.45, 7) is 0.923. The first-order chi connectivity index (χ1) is 16.6. The Labute approximate surface area is 202 Å². The third-order valence-electron chi connectivity index (χ3n) is 6.31. The van der Waals surface area contributed by atoms with E-state index in [1.807, 2.05) is 68.6 Å². The molecule has 1 aromatic heterocycles. The van der Waals surface area contributed by atoms with Gasteiger partial charge in [-0.2, -0.15) is 4.98 Å². The molecule has 176 valence electrons. The molecule has 1 atom stereocenters. The maximum absolute atomic E-state index is 12.6. The molecule has 0 radical (unpaired) electrons. The highest BCUT2D eigenvalue weighted by molar-refractivity contribution is 6.35. The van der Waals surface area contributed by atoms with Gasteiger partial charge in [0.15, 0.2) is 0 Å². The maximum atomic E-state index is 12.6. The molecule has 0 bridgehead atoms. The van der Waals surface area contributed by atoms with Crippen molar-refractivity contribution in [1.29, 1.82) is 0 Å². The Bertz CT molecular complexity index is 1090. The molecule has 1 aliphatic rings. The first-order valence-electron chi connectivity index (χ1n) is 12.1. The average molecular weight is 456 g/mol. The Morgan fingerprint density at radius 1 is 1.09 bits per heavy atom. The van der Waals surface area contributed by atoms with Crippen LogP contribution in [-0.2, 0) is 11.2 Å². The van der Waals surface area contributed by atoms with Crippen LogP contribution in [0.3, 0.4) is 0 Å². The summed E-state index contributed by atoms with van der Waals surface area (Å²) in [6.07, 6.45) is 8.91. The second-order valence-electron chi connectivity index (χ2n) is 9.08. The number of hydrogen-bond donors (Lipinski definition) is 4. The minimum atomic E-state index is -0.627. The Balaban J connectivity index is 1.33. The second kappa shape index (κ2) is 11.7. The van der Waals surface area contributed by atoms with Crippen molar-refractivity contribution in [2.75, 3.05) is 22.5 Å². The van der Waals surface area contributed by atoms with Crippen molar-refractivity contribution in [2.45, 2.75) is 44.6 Å². The molecule has 0 spiro atoms. The molecule has 2 aromatic carbocycles. The fourth-order valence-corrected chi connectivity index (χ4v) is 4.37. The van der Waals surface area contributed by atoms with Crippen LogP contribution in [0.15, 0.2) is 60.8 Å². The van der Waals surface area contributed by atoms with Crippen LogP contribution in [-0.4, -0.2) is 36.3 Å². The van der Waals surface area contributed by atoms with Crippen LogP contribution < -0.4 is 27.1 Å². The number of carbonyl (C=O) groups excluding carboxylic acids is 1. The van der Waals surface area contributed by atoms with Gasteiger partial charge in [-0.05, 0) is 48.0 Å². The SMILES string of the molecule is Bc1cnc(Nc2cccc(NC(=O)C(N)Cc3ccccc3)c2)nc1NCCC1CCCC1. The number of anilines is 4. The van der Waals surface area contributed by atoms with Crippen molar-refractivity contribution in [3.63, 3.8) is 0 Å². The molecule has 1 unspecified atom stereocenters. The molecule has 5 N–H and O–H groups in total. The molecule has 0 saturated heterocycles. The van der Waals surface area contributed by atoms with Crippen molar-refractivity contribution in [3.05, 3.63) is 66.4 Å². The molecular formula is C26H33BN6O. The van der Waals surface area contributed by atoms with Gasteiger partial charge in [-0.3, -0.25) is 4.79 Å². The van der Waals surface area contributed by atoms with E-state index >= 15 is 0 Å². The van der Waals surface area contributed by atoms with E-state index in [0.717, 1.165) is 35.0 Å². The first-order valence-corrected chi connectivity index (χ1v) is 12.1. The summed E-state index contributed by atoms with van der Waals surface area (Å²) in [7, 11) is 2.01. The molecular weight excluding hydrogens is 423 g/mol. The Morgan fingerprint density at radius 3 is 2.65 bits per heavy atom. The lowest BCUT2D eigenvalue weighted by Gasteiger charge is -2.14. The molecule has 8 heteroatoms. The fraction of sp³-hybridized carbons (Fsp3) is 0.346. The van der Waals surface area contributed by atoms with Crippen molar-refractivity contribution >= 4 is 42.4 Å². The van der Waals surface area contributed by atoms with E-state index < -0.39 is 6.04 Å². The molecule has 1 aliphatic carbocycles. The Morgan fingerprint density at radius 2 is 1.85 bits per heavy atom.